The Labute approximate surface area is 155 Å². The number of nitrogens with one attached hydrogen (secondary N) is 2. The third kappa shape index (κ3) is 7.03. The summed E-state index contributed by atoms with van der Waals surface area (Å²) in [5, 5.41) is 5.99. The molecule has 1 aromatic rings. The Bertz CT molecular complexity index is 494. The predicted molar refractivity (Wildman–Crippen MR) is 98.9 cm³/mol. The molecule has 6 nitrogen and oxygen atoms in total. The second kappa shape index (κ2) is 12.1. The number of piperidine rings is 1. The largest absolute Gasteiger partial charge is 0.342 e. The van der Waals surface area contributed by atoms with Crippen molar-refractivity contribution in [3.63, 3.8) is 0 Å². The van der Waals surface area contributed by atoms with Gasteiger partial charge < -0.3 is 15.5 Å². The summed E-state index contributed by atoms with van der Waals surface area (Å²) >= 11 is 0. The number of carbonyl (C=O) groups is 2. The molecule has 1 aliphatic heterocycles. The van der Waals surface area contributed by atoms with Gasteiger partial charge in [0.1, 0.15) is 5.69 Å². The van der Waals surface area contributed by atoms with Gasteiger partial charge in [0.2, 0.25) is 5.91 Å². The molecular weight excluding hydrogens is 351 g/mol. The number of nitrogens with zero attached hydrogens (tertiary/aromatic N) is 2. The van der Waals surface area contributed by atoms with E-state index in [0.29, 0.717) is 11.6 Å². The van der Waals surface area contributed by atoms with Gasteiger partial charge in [0.05, 0.1) is 6.54 Å². The van der Waals surface area contributed by atoms with Gasteiger partial charge in [-0.15, -0.1) is 24.8 Å². The molecule has 0 spiro atoms. The maximum Gasteiger partial charge on any atom is 0.270 e. The van der Waals surface area contributed by atoms with Crippen LogP contribution in [-0.4, -0.2) is 54.4 Å². The lowest BCUT2D eigenvalue weighted by Gasteiger charge is -2.32. The topological polar surface area (TPSA) is 74.3 Å². The number of likely N-dealkylation sites (tertiary alicyclic amines) is 1. The molecule has 0 saturated carbocycles. The van der Waals surface area contributed by atoms with Gasteiger partial charge in [-0.1, -0.05) is 13.0 Å². The molecule has 8 heteroatoms. The van der Waals surface area contributed by atoms with Gasteiger partial charge in [-0.2, -0.15) is 0 Å². The standard InChI is InChI=1S/C16H24N4O2.2ClH/c1-2-17-11-13-6-9-20(10-7-13)15(21)12-19-16(22)14-5-3-4-8-18-14;;/h3-5,8,13,17H,2,6-7,9-12H2,1H3,(H,19,22);2*1H. The van der Waals surface area contributed by atoms with Crippen LogP contribution in [0.5, 0.6) is 0 Å². The van der Waals surface area contributed by atoms with Crippen LogP contribution in [0.4, 0.5) is 0 Å². The van der Waals surface area contributed by atoms with E-state index in [-0.39, 0.29) is 43.2 Å². The number of hydrogen-bond acceptors (Lipinski definition) is 4. The number of carbonyl (C=O) groups excluding carboxylic acids is 2. The van der Waals surface area contributed by atoms with Gasteiger partial charge in [-0.3, -0.25) is 14.6 Å². The first-order valence-electron chi connectivity index (χ1n) is 7.88. The average molecular weight is 377 g/mol. The smallest absolute Gasteiger partial charge is 0.270 e. The molecule has 1 fully saturated rings. The van der Waals surface area contributed by atoms with Gasteiger partial charge in [0.25, 0.3) is 5.91 Å². The van der Waals surface area contributed by atoms with E-state index in [1.165, 1.54) is 0 Å². The van der Waals surface area contributed by atoms with Crippen molar-refractivity contribution < 1.29 is 9.59 Å². The minimum Gasteiger partial charge on any atom is -0.342 e. The highest BCUT2D eigenvalue weighted by Gasteiger charge is 2.22. The fourth-order valence-electron chi connectivity index (χ4n) is 2.59. The zero-order valence-electron chi connectivity index (χ0n) is 13.9. The van der Waals surface area contributed by atoms with Crippen molar-refractivity contribution in [2.24, 2.45) is 5.92 Å². The summed E-state index contributed by atoms with van der Waals surface area (Å²) in [4.78, 5) is 29.8. The van der Waals surface area contributed by atoms with Crippen molar-refractivity contribution in [2.75, 3.05) is 32.7 Å². The number of hydrogen-bond donors (Lipinski definition) is 2. The van der Waals surface area contributed by atoms with Gasteiger partial charge in [0, 0.05) is 19.3 Å². The highest BCUT2D eigenvalue weighted by molar-refractivity contribution is 5.94. The molecule has 1 saturated heterocycles. The molecule has 0 aliphatic carbocycles. The van der Waals surface area contributed by atoms with Gasteiger partial charge >= 0.3 is 0 Å². The number of aromatic nitrogens is 1. The lowest BCUT2D eigenvalue weighted by atomic mass is 9.97. The molecule has 1 aromatic heterocycles. The molecule has 2 heterocycles. The normalized spacial score (nSPS) is 14.3. The highest BCUT2D eigenvalue weighted by Crippen LogP contribution is 2.16. The zero-order valence-corrected chi connectivity index (χ0v) is 15.5. The van der Waals surface area contributed by atoms with Gasteiger partial charge in [-0.05, 0) is 44.0 Å². The first-order valence-corrected chi connectivity index (χ1v) is 7.88. The SMILES string of the molecule is CCNCC1CCN(C(=O)CNC(=O)c2ccccn2)CC1.Cl.Cl. The van der Waals surface area contributed by atoms with Gasteiger partial charge in [0.15, 0.2) is 0 Å². The number of halogens is 2. The Kier molecular flexibility index (Phi) is 11.4. The van der Waals surface area contributed by atoms with Crippen LogP contribution in [0.25, 0.3) is 0 Å². The summed E-state index contributed by atoms with van der Waals surface area (Å²) < 4.78 is 0. The molecule has 2 amide bonds. The first-order chi connectivity index (χ1) is 10.7. The van der Waals surface area contributed by atoms with E-state index in [1.807, 2.05) is 4.90 Å². The summed E-state index contributed by atoms with van der Waals surface area (Å²) in [5.41, 5.74) is 0.333. The van der Waals surface area contributed by atoms with Crippen LogP contribution in [0, 0.1) is 5.92 Å². The Morgan fingerprint density at radius 2 is 1.96 bits per heavy atom. The Morgan fingerprint density at radius 3 is 2.54 bits per heavy atom. The fraction of sp³-hybridized carbons (Fsp3) is 0.562. The van der Waals surface area contributed by atoms with E-state index in [0.717, 1.165) is 39.0 Å². The summed E-state index contributed by atoms with van der Waals surface area (Å²) in [7, 11) is 0. The summed E-state index contributed by atoms with van der Waals surface area (Å²) in [6.07, 6.45) is 3.60. The first kappa shape index (κ1) is 22.6. The number of pyridine rings is 1. The van der Waals surface area contributed by atoms with E-state index in [1.54, 1.807) is 24.4 Å². The Morgan fingerprint density at radius 1 is 1.25 bits per heavy atom. The van der Waals surface area contributed by atoms with E-state index >= 15 is 0 Å². The minimum atomic E-state index is -0.309. The zero-order chi connectivity index (χ0) is 15.8. The summed E-state index contributed by atoms with van der Waals surface area (Å²) in [5.74, 6) is 0.314. The van der Waals surface area contributed by atoms with Crippen molar-refractivity contribution in [3.8, 4) is 0 Å². The minimum absolute atomic E-state index is 0. The maximum absolute atomic E-state index is 12.1. The second-order valence-corrected chi connectivity index (χ2v) is 5.53. The number of amides is 2. The van der Waals surface area contributed by atoms with E-state index in [9.17, 15) is 9.59 Å². The molecular formula is C16H26Cl2N4O2. The molecule has 136 valence electrons. The van der Waals surface area contributed by atoms with Crippen LogP contribution >= 0.6 is 24.8 Å². The predicted octanol–water partition coefficient (Wildman–Crippen LogP) is 1.50. The molecule has 24 heavy (non-hydrogen) atoms. The lowest BCUT2D eigenvalue weighted by molar-refractivity contribution is -0.131. The maximum atomic E-state index is 12.1. The lowest BCUT2D eigenvalue weighted by Crippen LogP contribution is -2.45. The third-order valence-electron chi connectivity index (χ3n) is 3.95. The van der Waals surface area contributed by atoms with E-state index < -0.39 is 0 Å². The highest BCUT2D eigenvalue weighted by atomic mass is 35.5. The van der Waals surface area contributed by atoms with E-state index in [2.05, 4.69) is 22.5 Å². The van der Waals surface area contributed by atoms with Crippen molar-refractivity contribution in [1.82, 2.24) is 20.5 Å². The Hall–Kier alpha value is -1.37. The van der Waals surface area contributed by atoms with Crippen LogP contribution in [0.3, 0.4) is 0 Å². The van der Waals surface area contributed by atoms with Gasteiger partial charge in [-0.25, -0.2) is 0 Å². The van der Waals surface area contributed by atoms with Crippen molar-refractivity contribution in [3.05, 3.63) is 30.1 Å². The molecule has 2 rings (SSSR count). The van der Waals surface area contributed by atoms with Crippen LogP contribution in [0.15, 0.2) is 24.4 Å². The van der Waals surface area contributed by atoms with Crippen molar-refractivity contribution in [1.29, 1.82) is 0 Å². The van der Waals surface area contributed by atoms with Crippen LogP contribution < -0.4 is 10.6 Å². The molecule has 2 N–H and O–H groups in total. The molecule has 0 bridgehead atoms. The van der Waals surface area contributed by atoms with Crippen molar-refractivity contribution in [2.45, 2.75) is 19.8 Å². The third-order valence-corrected chi connectivity index (χ3v) is 3.95. The van der Waals surface area contributed by atoms with Crippen LogP contribution in [-0.2, 0) is 4.79 Å². The second-order valence-electron chi connectivity index (χ2n) is 5.53. The molecule has 0 unspecified atom stereocenters. The van der Waals surface area contributed by atoms with Crippen LogP contribution in [0.1, 0.15) is 30.3 Å². The molecule has 0 aromatic carbocycles. The monoisotopic (exact) mass is 376 g/mol. The summed E-state index contributed by atoms with van der Waals surface area (Å²) in [6.45, 7) is 5.69. The molecule has 0 radical (unpaired) electrons. The molecule has 0 atom stereocenters. The molecule has 1 aliphatic rings. The Balaban J connectivity index is 0.00000264. The summed E-state index contributed by atoms with van der Waals surface area (Å²) in [6, 6.07) is 5.13. The van der Waals surface area contributed by atoms with Crippen LogP contribution in [0.2, 0.25) is 0 Å². The quantitative estimate of drug-likeness (QED) is 0.788. The number of rotatable bonds is 6. The fourth-order valence-corrected chi connectivity index (χ4v) is 2.59. The van der Waals surface area contributed by atoms with E-state index in [4.69, 9.17) is 0 Å². The van der Waals surface area contributed by atoms with Crippen molar-refractivity contribution >= 4 is 36.6 Å². The average Bonchev–Trinajstić information content (AvgIpc) is 2.58.